The van der Waals surface area contributed by atoms with Crippen LogP contribution in [0.5, 0.6) is 17.2 Å². The summed E-state index contributed by atoms with van der Waals surface area (Å²) in [4.78, 5) is 15.1. The minimum absolute atomic E-state index is 0.00352. The summed E-state index contributed by atoms with van der Waals surface area (Å²) >= 11 is 3.22. The van der Waals surface area contributed by atoms with Crippen molar-refractivity contribution < 1.29 is 27.1 Å². The van der Waals surface area contributed by atoms with Crippen molar-refractivity contribution in [1.29, 1.82) is 0 Å². The van der Waals surface area contributed by atoms with Gasteiger partial charge in [0.2, 0.25) is 11.2 Å². The van der Waals surface area contributed by atoms with Crippen molar-refractivity contribution in [2.24, 2.45) is 5.92 Å². The third-order valence-corrected chi connectivity index (χ3v) is 5.45. The van der Waals surface area contributed by atoms with E-state index in [1.807, 2.05) is 18.7 Å². The van der Waals surface area contributed by atoms with Gasteiger partial charge in [0, 0.05) is 13.1 Å². The van der Waals surface area contributed by atoms with Crippen molar-refractivity contribution in [1.82, 2.24) is 4.90 Å². The van der Waals surface area contributed by atoms with Crippen molar-refractivity contribution >= 4 is 26.9 Å². The zero-order valence-electron chi connectivity index (χ0n) is 16.8. The van der Waals surface area contributed by atoms with E-state index in [0.717, 1.165) is 0 Å². The zero-order chi connectivity index (χ0) is 22.3. The Labute approximate surface area is 184 Å². The van der Waals surface area contributed by atoms with Gasteiger partial charge in [-0.15, -0.1) is 0 Å². The molecule has 2 heterocycles. The predicted molar refractivity (Wildman–Crippen MR) is 112 cm³/mol. The van der Waals surface area contributed by atoms with Crippen molar-refractivity contribution in [2.45, 2.75) is 26.6 Å². The molecule has 9 heteroatoms. The largest absolute Gasteiger partial charge is 0.478 e. The molecule has 0 saturated carbocycles. The Morgan fingerprint density at radius 1 is 1.19 bits per heavy atom. The van der Waals surface area contributed by atoms with E-state index < -0.39 is 23.1 Å². The quantitative estimate of drug-likeness (QED) is 0.431. The summed E-state index contributed by atoms with van der Waals surface area (Å²) in [6.07, 6.45) is -4.93. The van der Waals surface area contributed by atoms with Gasteiger partial charge in [0.15, 0.2) is 0 Å². The summed E-state index contributed by atoms with van der Waals surface area (Å²) in [5.74, 6) is -1.56. The van der Waals surface area contributed by atoms with Crippen LogP contribution in [0.1, 0.15) is 25.2 Å². The maximum absolute atomic E-state index is 13.9. The van der Waals surface area contributed by atoms with Crippen LogP contribution in [0.4, 0.5) is 13.2 Å². The van der Waals surface area contributed by atoms with Crippen molar-refractivity contribution in [2.75, 3.05) is 13.3 Å². The molecule has 0 saturated heterocycles. The minimum atomic E-state index is -4.93. The second kappa shape index (κ2) is 8.20. The molecule has 0 N–H and O–H groups in total. The standard InChI is InChI=1S/C22H19BrF3NO4/c1-12(2)9-27-10-14-16(29-11-27)8-7-13-18(28)20(21(22(24,25)26)31-19(13)14)30-17-6-4-3-5-15(17)23/h3-8,12H,9-11H2,1-2H3. The lowest BCUT2D eigenvalue weighted by molar-refractivity contribution is -0.154. The number of halogens is 4. The second-order valence-corrected chi connectivity index (χ2v) is 8.57. The molecule has 1 aromatic heterocycles. The van der Waals surface area contributed by atoms with Gasteiger partial charge in [-0.05, 0) is 46.1 Å². The molecule has 2 aromatic carbocycles. The van der Waals surface area contributed by atoms with Gasteiger partial charge in [-0.1, -0.05) is 26.0 Å². The predicted octanol–water partition coefficient (Wildman–Crippen LogP) is 6.17. The molecule has 0 fully saturated rings. The van der Waals surface area contributed by atoms with Crippen molar-refractivity contribution in [3.05, 3.63) is 62.4 Å². The third kappa shape index (κ3) is 4.29. The average molecular weight is 498 g/mol. The molecule has 31 heavy (non-hydrogen) atoms. The number of nitrogens with zero attached hydrogens (tertiary/aromatic N) is 1. The van der Waals surface area contributed by atoms with Gasteiger partial charge >= 0.3 is 6.18 Å². The van der Waals surface area contributed by atoms with E-state index >= 15 is 0 Å². The lowest BCUT2D eigenvalue weighted by atomic mass is 10.1. The molecule has 0 radical (unpaired) electrons. The number of para-hydroxylation sites is 1. The van der Waals surface area contributed by atoms with Crippen LogP contribution in [-0.4, -0.2) is 18.2 Å². The summed E-state index contributed by atoms with van der Waals surface area (Å²) in [6.45, 7) is 5.39. The molecule has 164 valence electrons. The maximum atomic E-state index is 13.9. The Morgan fingerprint density at radius 3 is 2.61 bits per heavy atom. The zero-order valence-corrected chi connectivity index (χ0v) is 18.3. The molecule has 0 atom stereocenters. The van der Waals surface area contributed by atoms with Crippen molar-refractivity contribution in [3.8, 4) is 17.2 Å². The molecule has 0 amide bonds. The first-order valence-electron chi connectivity index (χ1n) is 9.62. The molecule has 0 bridgehead atoms. The molecule has 1 aliphatic rings. The molecule has 4 rings (SSSR count). The van der Waals surface area contributed by atoms with Crippen molar-refractivity contribution in [3.63, 3.8) is 0 Å². The first-order valence-corrected chi connectivity index (χ1v) is 10.4. The summed E-state index contributed by atoms with van der Waals surface area (Å²) in [5.41, 5.74) is -0.615. The van der Waals surface area contributed by atoms with Crippen LogP contribution in [0.3, 0.4) is 0 Å². The number of fused-ring (bicyclic) bond motifs is 3. The highest BCUT2D eigenvalue weighted by molar-refractivity contribution is 9.10. The SMILES string of the molecule is CC(C)CN1COc2ccc3c(=O)c(Oc4ccccc4Br)c(C(F)(F)F)oc3c2C1. The molecule has 0 spiro atoms. The topological polar surface area (TPSA) is 51.9 Å². The normalized spacial score (nSPS) is 14.5. The molecule has 1 aliphatic heterocycles. The summed E-state index contributed by atoms with van der Waals surface area (Å²) in [5, 5.41) is 0.00352. The van der Waals surface area contributed by atoms with Crippen LogP contribution in [0.15, 0.2) is 50.1 Å². The molecule has 3 aromatic rings. The summed E-state index contributed by atoms with van der Waals surface area (Å²) in [6, 6.07) is 9.31. The summed E-state index contributed by atoms with van der Waals surface area (Å²) < 4.78 is 58.5. The van der Waals surface area contributed by atoms with Crippen LogP contribution < -0.4 is 14.9 Å². The Hall–Kier alpha value is -2.52. The number of alkyl halides is 3. The molecular formula is C22H19BrF3NO4. The Morgan fingerprint density at radius 2 is 1.94 bits per heavy atom. The lowest BCUT2D eigenvalue weighted by Crippen LogP contribution is -2.35. The van der Waals surface area contributed by atoms with Gasteiger partial charge in [0.1, 0.15) is 23.8 Å². The number of ether oxygens (including phenoxy) is 2. The Bertz CT molecular complexity index is 1190. The van der Waals surface area contributed by atoms with E-state index in [1.165, 1.54) is 12.1 Å². The number of hydrogen-bond donors (Lipinski definition) is 0. The van der Waals surface area contributed by atoms with Crippen LogP contribution in [0.2, 0.25) is 0 Å². The van der Waals surface area contributed by atoms with Crippen LogP contribution >= 0.6 is 15.9 Å². The van der Waals surface area contributed by atoms with Gasteiger partial charge in [0.05, 0.1) is 15.4 Å². The maximum Gasteiger partial charge on any atom is 0.453 e. The van der Waals surface area contributed by atoms with Crippen LogP contribution in [0, 0.1) is 5.92 Å². The molecule has 0 aliphatic carbocycles. The highest BCUT2D eigenvalue weighted by Crippen LogP contribution is 2.41. The number of benzene rings is 2. The molecule has 0 unspecified atom stereocenters. The van der Waals surface area contributed by atoms with Gasteiger partial charge in [-0.25, -0.2) is 0 Å². The van der Waals surface area contributed by atoms with Crippen LogP contribution in [-0.2, 0) is 12.7 Å². The molecule has 5 nitrogen and oxygen atoms in total. The second-order valence-electron chi connectivity index (χ2n) is 7.72. The smallest absolute Gasteiger partial charge is 0.453 e. The van der Waals surface area contributed by atoms with Gasteiger partial charge < -0.3 is 13.9 Å². The van der Waals surface area contributed by atoms with Gasteiger partial charge in [0.25, 0.3) is 5.76 Å². The van der Waals surface area contributed by atoms with Gasteiger partial charge in [-0.2, -0.15) is 13.2 Å². The summed E-state index contributed by atoms with van der Waals surface area (Å²) in [7, 11) is 0. The van der Waals surface area contributed by atoms with E-state index in [2.05, 4.69) is 15.9 Å². The Kier molecular flexibility index (Phi) is 5.74. The third-order valence-electron chi connectivity index (χ3n) is 4.79. The first-order chi connectivity index (χ1) is 14.6. The fraction of sp³-hybridized carbons (Fsp3) is 0.318. The average Bonchev–Trinajstić information content (AvgIpc) is 2.70. The highest BCUT2D eigenvalue weighted by Gasteiger charge is 2.41. The molecular weight excluding hydrogens is 479 g/mol. The van der Waals surface area contributed by atoms with E-state index in [9.17, 15) is 18.0 Å². The van der Waals surface area contributed by atoms with E-state index in [1.54, 1.807) is 24.3 Å². The number of rotatable bonds is 4. The number of hydrogen-bond acceptors (Lipinski definition) is 5. The minimum Gasteiger partial charge on any atom is -0.478 e. The fourth-order valence-electron chi connectivity index (χ4n) is 3.54. The lowest BCUT2D eigenvalue weighted by Gasteiger charge is -2.30. The van der Waals surface area contributed by atoms with E-state index in [0.29, 0.717) is 41.5 Å². The highest BCUT2D eigenvalue weighted by atomic mass is 79.9. The van der Waals surface area contributed by atoms with E-state index in [-0.39, 0.29) is 16.7 Å². The first kappa shape index (κ1) is 21.7. The monoisotopic (exact) mass is 497 g/mol. The van der Waals surface area contributed by atoms with Gasteiger partial charge in [-0.3, -0.25) is 9.69 Å². The fourth-order valence-corrected chi connectivity index (χ4v) is 3.91. The van der Waals surface area contributed by atoms with Crippen LogP contribution in [0.25, 0.3) is 11.0 Å². The van der Waals surface area contributed by atoms with E-state index in [4.69, 9.17) is 13.9 Å². The Balaban J connectivity index is 1.90.